The number of hydrogen-bond acceptors (Lipinski definition) is 6. The van der Waals surface area contributed by atoms with Crippen LogP contribution in [-0.4, -0.2) is 41.0 Å². The van der Waals surface area contributed by atoms with Gasteiger partial charge >= 0.3 is 19.8 Å². The Kier molecular flexibility index (Phi) is 22.9. The smallest absolute Gasteiger partial charge is 0.462 e. The summed E-state index contributed by atoms with van der Waals surface area (Å²) >= 11 is 0. The quantitative estimate of drug-likeness (QED) is 0.0561. The lowest BCUT2D eigenvalue weighted by Crippen LogP contribution is -2.29. The molecule has 8 nitrogen and oxygen atoms in total. The topological polar surface area (TPSA) is 119 Å². The normalized spacial score (nSPS) is 12.5. The zero-order chi connectivity index (χ0) is 26.9. The number of hydrogen-bond donors (Lipinski definition) is 2. The van der Waals surface area contributed by atoms with E-state index in [4.69, 9.17) is 19.3 Å². The number of ether oxygens (including phenoxy) is 2. The standard InChI is InChI=1S/C27H49O8P/c1-3-5-7-9-11-12-13-14-16-18-20-22-27(29)35-25(24-34-36(30,31)32)23-33-26(28)21-19-17-15-10-8-6-4-2/h4,9,11,25H,2-3,5-8,10,12-24H2,1H3,(H2,30,31,32)/b11-9+/t25-/m1/s1. The van der Waals surface area contributed by atoms with Gasteiger partial charge in [-0.15, -0.1) is 6.58 Å². The third-order valence-corrected chi connectivity index (χ3v) is 6.07. The zero-order valence-corrected chi connectivity index (χ0v) is 23.1. The van der Waals surface area contributed by atoms with Crippen molar-refractivity contribution in [1.82, 2.24) is 0 Å². The number of carbonyl (C=O) groups excluding carboxylic acids is 2. The third-order valence-electron chi connectivity index (χ3n) is 5.59. The predicted octanol–water partition coefficient (Wildman–Crippen LogP) is 6.94. The van der Waals surface area contributed by atoms with Gasteiger partial charge in [-0.05, 0) is 44.9 Å². The van der Waals surface area contributed by atoms with Crippen molar-refractivity contribution in [2.45, 2.75) is 122 Å². The molecule has 0 amide bonds. The van der Waals surface area contributed by atoms with Gasteiger partial charge in [0.05, 0.1) is 6.61 Å². The molecule has 0 spiro atoms. The van der Waals surface area contributed by atoms with Crippen LogP contribution in [0.15, 0.2) is 24.8 Å². The molecule has 0 saturated carbocycles. The molecular formula is C27H49O8P. The summed E-state index contributed by atoms with van der Waals surface area (Å²) in [4.78, 5) is 42.0. The molecule has 1 atom stereocenters. The highest BCUT2D eigenvalue weighted by atomic mass is 31.2. The lowest BCUT2D eigenvalue weighted by Gasteiger charge is -2.18. The summed E-state index contributed by atoms with van der Waals surface area (Å²) in [6, 6.07) is 0. The molecule has 0 aliphatic heterocycles. The van der Waals surface area contributed by atoms with Gasteiger partial charge in [-0.2, -0.15) is 0 Å². The largest absolute Gasteiger partial charge is 0.469 e. The number of carbonyl (C=O) groups is 2. The van der Waals surface area contributed by atoms with E-state index in [1.54, 1.807) is 0 Å². The van der Waals surface area contributed by atoms with Crippen LogP contribution in [0.25, 0.3) is 0 Å². The van der Waals surface area contributed by atoms with Gasteiger partial charge in [-0.1, -0.05) is 76.5 Å². The minimum Gasteiger partial charge on any atom is -0.462 e. The van der Waals surface area contributed by atoms with Crippen LogP contribution in [0.1, 0.15) is 116 Å². The van der Waals surface area contributed by atoms with E-state index >= 15 is 0 Å². The van der Waals surface area contributed by atoms with E-state index in [0.717, 1.165) is 70.6 Å². The Morgan fingerprint density at radius 3 is 1.89 bits per heavy atom. The van der Waals surface area contributed by atoms with Crippen molar-refractivity contribution >= 4 is 19.8 Å². The third kappa shape index (κ3) is 25.6. The second-order valence-electron chi connectivity index (χ2n) is 9.10. The van der Waals surface area contributed by atoms with Crippen LogP contribution in [0.5, 0.6) is 0 Å². The highest BCUT2D eigenvalue weighted by Gasteiger charge is 2.22. The number of phosphoric acid groups is 1. The first-order valence-electron chi connectivity index (χ1n) is 13.6. The van der Waals surface area contributed by atoms with Crippen molar-refractivity contribution in [2.24, 2.45) is 0 Å². The van der Waals surface area contributed by atoms with Crippen molar-refractivity contribution in [3.8, 4) is 0 Å². The predicted molar refractivity (Wildman–Crippen MR) is 142 cm³/mol. The van der Waals surface area contributed by atoms with Gasteiger partial charge in [0.1, 0.15) is 6.61 Å². The molecule has 0 rings (SSSR count). The molecule has 0 aromatic rings. The van der Waals surface area contributed by atoms with Crippen molar-refractivity contribution in [3.05, 3.63) is 24.8 Å². The maximum Gasteiger partial charge on any atom is 0.469 e. The van der Waals surface area contributed by atoms with Gasteiger partial charge < -0.3 is 19.3 Å². The van der Waals surface area contributed by atoms with Gasteiger partial charge in [0, 0.05) is 12.8 Å². The molecule has 0 fully saturated rings. The Balaban J connectivity index is 4.12. The van der Waals surface area contributed by atoms with E-state index in [-0.39, 0.29) is 19.4 Å². The van der Waals surface area contributed by atoms with Crippen LogP contribution in [-0.2, 0) is 28.2 Å². The van der Waals surface area contributed by atoms with Crippen LogP contribution in [0.3, 0.4) is 0 Å². The summed E-state index contributed by atoms with van der Waals surface area (Å²) in [6.07, 6.45) is 21.1. The van der Waals surface area contributed by atoms with Crippen molar-refractivity contribution < 1.29 is 37.9 Å². The Morgan fingerprint density at radius 2 is 1.31 bits per heavy atom. The number of allylic oxidation sites excluding steroid dienone is 3. The summed E-state index contributed by atoms with van der Waals surface area (Å²) in [5.41, 5.74) is 0. The molecule has 0 aliphatic rings. The van der Waals surface area contributed by atoms with Gasteiger partial charge in [0.2, 0.25) is 0 Å². The van der Waals surface area contributed by atoms with Crippen molar-refractivity contribution in [1.29, 1.82) is 0 Å². The van der Waals surface area contributed by atoms with E-state index in [1.165, 1.54) is 12.8 Å². The van der Waals surface area contributed by atoms with Gasteiger partial charge in [0.25, 0.3) is 0 Å². The first kappa shape index (κ1) is 34.5. The van der Waals surface area contributed by atoms with Crippen LogP contribution in [0, 0.1) is 0 Å². The Labute approximate surface area is 218 Å². The average molecular weight is 533 g/mol. The summed E-state index contributed by atoms with van der Waals surface area (Å²) in [6.45, 7) is 5.04. The minimum atomic E-state index is -4.73. The number of unbranched alkanes of at least 4 members (excludes halogenated alkanes) is 12. The van der Waals surface area contributed by atoms with Gasteiger partial charge in [-0.3, -0.25) is 14.1 Å². The highest BCUT2D eigenvalue weighted by molar-refractivity contribution is 7.46. The average Bonchev–Trinajstić information content (AvgIpc) is 2.83. The zero-order valence-electron chi connectivity index (χ0n) is 22.2. The molecule has 0 saturated heterocycles. The highest BCUT2D eigenvalue weighted by Crippen LogP contribution is 2.35. The van der Waals surface area contributed by atoms with Crippen LogP contribution in [0.4, 0.5) is 0 Å². The number of rotatable bonds is 25. The maximum absolute atomic E-state index is 12.2. The fraction of sp³-hybridized carbons (Fsp3) is 0.778. The lowest BCUT2D eigenvalue weighted by atomic mass is 10.1. The molecular weight excluding hydrogens is 483 g/mol. The summed E-state index contributed by atoms with van der Waals surface area (Å²) in [5, 5.41) is 0. The van der Waals surface area contributed by atoms with Crippen LogP contribution in [0.2, 0.25) is 0 Å². The van der Waals surface area contributed by atoms with E-state index in [2.05, 4.69) is 30.2 Å². The van der Waals surface area contributed by atoms with E-state index in [9.17, 15) is 14.2 Å². The van der Waals surface area contributed by atoms with Crippen molar-refractivity contribution in [2.75, 3.05) is 13.2 Å². The molecule has 0 bridgehead atoms. The molecule has 9 heteroatoms. The summed E-state index contributed by atoms with van der Waals surface area (Å²) in [5.74, 6) is -0.928. The minimum absolute atomic E-state index is 0.198. The number of esters is 2. The SMILES string of the molecule is C=CCCCCCCCC(=O)OC[C@H](COP(=O)(O)O)OC(=O)CCCCCCC/C=C/CCCC. The van der Waals surface area contributed by atoms with E-state index in [0.29, 0.717) is 12.8 Å². The fourth-order valence-electron chi connectivity index (χ4n) is 3.51. The molecule has 210 valence electrons. The second-order valence-corrected chi connectivity index (χ2v) is 10.3. The Morgan fingerprint density at radius 1 is 0.778 bits per heavy atom. The van der Waals surface area contributed by atoms with Crippen molar-refractivity contribution in [3.63, 3.8) is 0 Å². The van der Waals surface area contributed by atoms with Crippen LogP contribution >= 0.6 is 7.82 Å². The molecule has 36 heavy (non-hydrogen) atoms. The van der Waals surface area contributed by atoms with E-state index < -0.39 is 32.5 Å². The maximum atomic E-state index is 12.2. The first-order chi connectivity index (χ1) is 17.3. The molecule has 0 radical (unpaired) electrons. The molecule has 0 aromatic carbocycles. The monoisotopic (exact) mass is 532 g/mol. The van der Waals surface area contributed by atoms with Gasteiger partial charge in [0.15, 0.2) is 6.10 Å². The molecule has 0 aromatic heterocycles. The second kappa shape index (κ2) is 23.9. The first-order valence-corrected chi connectivity index (χ1v) is 15.1. The fourth-order valence-corrected chi connectivity index (χ4v) is 3.87. The van der Waals surface area contributed by atoms with Crippen LogP contribution < -0.4 is 0 Å². The molecule has 0 aliphatic carbocycles. The lowest BCUT2D eigenvalue weighted by molar-refractivity contribution is -0.161. The molecule has 0 unspecified atom stereocenters. The molecule has 2 N–H and O–H groups in total. The Hall–Kier alpha value is -1.47. The Bertz CT molecular complexity index is 644. The summed E-state index contributed by atoms with van der Waals surface area (Å²) in [7, 11) is -4.73. The summed E-state index contributed by atoms with van der Waals surface area (Å²) < 4.78 is 25.9. The number of phosphoric ester groups is 1. The van der Waals surface area contributed by atoms with E-state index in [1.807, 2.05) is 6.08 Å². The molecule has 0 heterocycles. The van der Waals surface area contributed by atoms with Gasteiger partial charge in [-0.25, -0.2) is 4.57 Å².